The molecule has 1 aliphatic rings. The van der Waals surface area contributed by atoms with Crippen LogP contribution in [-0.4, -0.2) is 15.9 Å². The van der Waals surface area contributed by atoms with Gasteiger partial charge in [0, 0.05) is 18.2 Å². The van der Waals surface area contributed by atoms with E-state index in [1.807, 2.05) is 0 Å². The Labute approximate surface area is 151 Å². The maximum absolute atomic E-state index is 15.5. The molecule has 1 aromatic heterocycles. The van der Waals surface area contributed by atoms with E-state index >= 15 is 4.39 Å². The SMILES string of the molecule is O=C(CCc1ccc(F)cc1C(F)(F)F)[C@]1(F)CC[C@@H](O)c2ncccc21. The number of halogens is 5. The van der Waals surface area contributed by atoms with Crippen LogP contribution in [0.2, 0.25) is 0 Å². The Bertz CT molecular complexity index is 867. The van der Waals surface area contributed by atoms with Gasteiger partial charge in [0.1, 0.15) is 5.82 Å². The van der Waals surface area contributed by atoms with Crippen LogP contribution in [0.4, 0.5) is 22.0 Å². The number of carbonyl (C=O) groups is 1. The van der Waals surface area contributed by atoms with Crippen LogP contribution in [0.25, 0.3) is 0 Å². The minimum absolute atomic E-state index is 0.0173. The molecule has 1 heterocycles. The summed E-state index contributed by atoms with van der Waals surface area (Å²) in [5.41, 5.74) is -3.85. The van der Waals surface area contributed by atoms with Crippen LogP contribution in [0, 0.1) is 5.82 Å². The molecule has 3 rings (SSSR count). The van der Waals surface area contributed by atoms with Gasteiger partial charge in [0.2, 0.25) is 0 Å². The van der Waals surface area contributed by atoms with Gasteiger partial charge >= 0.3 is 6.18 Å². The third-order valence-electron chi connectivity index (χ3n) is 4.78. The van der Waals surface area contributed by atoms with Gasteiger partial charge in [-0.2, -0.15) is 13.2 Å². The molecule has 0 aliphatic heterocycles. The molecular weight excluding hydrogens is 369 g/mol. The normalized spacial score (nSPS) is 22.4. The van der Waals surface area contributed by atoms with E-state index in [1.54, 1.807) is 0 Å². The van der Waals surface area contributed by atoms with E-state index < -0.39 is 41.5 Å². The molecule has 1 N–H and O–H groups in total. The van der Waals surface area contributed by atoms with Crippen LogP contribution in [0.15, 0.2) is 36.5 Å². The van der Waals surface area contributed by atoms with E-state index in [0.717, 1.165) is 12.1 Å². The third-order valence-corrected chi connectivity index (χ3v) is 4.78. The first-order valence-corrected chi connectivity index (χ1v) is 8.34. The number of hydrogen-bond donors (Lipinski definition) is 1. The van der Waals surface area contributed by atoms with E-state index in [0.29, 0.717) is 6.07 Å². The lowest BCUT2D eigenvalue weighted by atomic mass is 9.77. The van der Waals surface area contributed by atoms with Gasteiger partial charge in [-0.3, -0.25) is 9.78 Å². The number of Topliss-reactive ketones (excluding diaryl/α,β-unsaturated/α-hetero) is 1. The number of carbonyl (C=O) groups excluding carboxylic acids is 1. The molecule has 0 spiro atoms. The summed E-state index contributed by atoms with van der Waals surface area (Å²) in [6.45, 7) is 0. The molecule has 0 bridgehead atoms. The zero-order chi connectivity index (χ0) is 19.8. The van der Waals surface area contributed by atoms with Crippen molar-refractivity contribution in [3.63, 3.8) is 0 Å². The highest BCUT2D eigenvalue weighted by molar-refractivity contribution is 5.89. The van der Waals surface area contributed by atoms with Crippen molar-refractivity contribution < 1.29 is 31.9 Å². The molecule has 0 radical (unpaired) electrons. The molecule has 0 amide bonds. The van der Waals surface area contributed by atoms with Gasteiger partial charge in [-0.25, -0.2) is 8.78 Å². The number of ketones is 1. The fourth-order valence-electron chi connectivity index (χ4n) is 3.39. The first-order chi connectivity index (χ1) is 12.6. The second-order valence-electron chi connectivity index (χ2n) is 6.51. The van der Waals surface area contributed by atoms with Crippen LogP contribution in [0.5, 0.6) is 0 Å². The number of nitrogens with zero attached hydrogens (tertiary/aromatic N) is 1. The molecule has 0 saturated heterocycles. The van der Waals surface area contributed by atoms with E-state index in [9.17, 15) is 27.5 Å². The number of aryl methyl sites for hydroxylation is 1. The van der Waals surface area contributed by atoms with E-state index in [-0.39, 0.29) is 36.1 Å². The number of aliphatic hydroxyl groups is 1. The van der Waals surface area contributed by atoms with Crippen LogP contribution in [-0.2, 0) is 23.1 Å². The number of alkyl halides is 4. The second-order valence-corrected chi connectivity index (χ2v) is 6.51. The van der Waals surface area contributed by atoms with Gasteiger partial charge in [0.15, 0.2) is 11.5 Å². The fraction of sp³-hybridized carbons (Fsp3) is 0.368. The summed E-state index contributed by atoms with van der Waals surface area (Å²) >= 11 is 0. The topological polar surface area (TPSA) is 50.2 Å². The number of benzene rings is 1. The maximum atomic E-state index is 15.5. The predicted molar refractivity (Wildman–Crippen MR) is 85.9 cm³/mol. The maximum Gasteiger partial charge on any atom is 0.416 e. The Balaban J connectivity index is 1.85. The smallest absolute Gasteiger partial charge is 0.387 e. The summed E-state index contributed by atoms with van der Waals surface area (Å²) in [4.78, 5) is 16.5. The van der Waals surface area contributed by atoms with Gasteiger partial charge in [-0.05, 0) is 43.0 Å². The van der Waals surface area contributed by atoms with Crippen molar-refractivity contribution in [1.82, 2.24) is 4.98 Å². The molecule has 0 unspecified atom stereocenters. The Kier molecular flexibility index (Phi) is 5.03. The number of fused-ring (bicyclic) bond motifs is 1. The third kappa shape index (κ3) is 3.71. The standard InChI is InChI=1S/C19H16F5NO2/c20-12-5-3-11(14(10-12)19(22,23)24)4-6-16(27)18(21)8-7-15(26)17-13(18)2-1-9-25-17/h1-3,5,9-10,15,26H,4,6-8H2/t15-,18+/m1/s1. The quantitative estimate of drug-likeness (QED) is 0.792. The van der Waals surface area contributed by atoms with Crippen molar-refractivity contribution in [2.75, 3.05) is 0 Å². The van der Waals surface area contributed by atoms with Gasteiger partial charge in [-0.1, -0.05) is 12.1 Å². The van der Waals surface area contributed by atoms with Gasteiger partial charge in [0.05, 0.1) is 17.4 Å². The molecule has 1 aliphatic carbocycles. The molecule has 2 aromatic rings. The van der Waals surface area contributed by atoms with Gasteiger partial charge in [0.25, 0.3) is 0 Å². The molecule has 144 valence electrons. The lowest BCUT2D eigenvalue weighted by Crippen LogP contribution is -2.37. The molecule has 8 heteroatoms. The zero-order valence-electron chi connectivity index (χ0n) is 14.1. The Morgan fingerprint density at radius 2 is 2.04 bits per heavy atom. The van der Waals surface area contributed by atoms with Crippen molar-refractivity contribution in [3.05, 3.63) is 64.7 Å². The minimum Gasteiger partial charge on any atom is -0.387 e. The monoisotopic (exact) mass is 385 g/mol. The molecule has 27 heavy (non-hydrogen) atoms. The number of aromatic nitrogens is 1. The summed E-state index contributed by atoms with van der Waals surface area (Å²) < 4.78 is 67.8. The van der Waals surface area contributed by atoms with Crippen LogP contribution >= 0.6 is 0 Å². The van der Waals surface area contributed by atoms with E-state index in [2.05, 4.69) is 4.98 Å². The van der Waals surface area contributed by atoms with E-state index in [1.165, 1.54) is 18.3 Å². The summed E-state index contributed by atoms with van der Waals surface area (Å²) in [5, 5.41) is 9.93. The minimum atomic E-state index is -4.78. The molecule has 0 fully saturated rings. The highest BCUT2D eigenvalue weighted by atomic mass is 19.4. The zero-order valence-corrected chi connectivity index (χ0v) is 14.1. The van der Waals surface area contributed by atoms with Crippen LogP contribution in [0.3, 0.4) is 0 Å². The highest BCUT2D eigenvalue weighted by Crippen LogP contribution is 2.43. The average molecular weight is 385 g/mol. The highest BCUT2D eigenvalue weighted by Gasteiger charge is 2.46. The van der Waals surface area contributed by atoms with Crippen molar-refractivity contribution in [2.24, 2.45) is 0 Å². The lowest BCUT2D eigenvalue weighted by Gasteiger charge is -2.32. The number of aliphatic hydroxyl groups excluding tert-OH is 1. The average Bonchev–Trinajstić information content (AvgIpc) is 2.63. The molecule has 3 nitrogen and oxygen atoms in total. The number of hydrogen-bond acceptors (Lipinski definition) is 3. The largest absolute Gasteiger partial charge is 0.416 e. The molecule has 1 aromatic carbocycles. The number of pyridine rings is 1. The predicted octanol–water partition coefficient (Wildman–Crippen LogP) is 4.43. The first-order valence-electron chi connectivity index (χ1n) is 8.34. The van der Waals surface area contributed by atoms with Gasteiger partial charge < -0.3 is 5.11 Å². The summed E-state index contributed by atoms with van der Waals surface area (Å²) in [6.07, 6.45) is -5.57. The number of rotatable bonds is 4. The summed E-state index contributed by atoms with van der Waals surface area (Å²) in [7, 11) is 0. The van der Waals surface area contributed by atoms with Crippen molar-refractivity contribution in [3.8, 4) is 0 Å². The molecule has 2 atom stereocenters. The first kappa shape index (κ1) is 19.4. The Morgan fingerprint density at radius 3 is 2.74 bits per heavy atom. The van der Waals surface area contributed by atoms with Gasteiger partial charge in [-0.15, -0.1) is 0 Å². The van der Waals surface area contributed by atoms with Crippen LogP contribution in [0.1, 0.15) is 47.8 Å². The van der Waals surface area contributed by atoms with Crippen LogP contribution < -0.4 is 0 Å². The molecular formula is C19H16F5NO2. The summed E-state index contributed by atoms with van der Waals surface area (Å²) in [6, 6.07) is 4.97. The van der Waals surface area contributed by atoms with Crippen molar-refractivity contribution in [1.29, 1.82) is 0 Å². The Hall–Kier alpha value is -2.35. The van der Waals surface area contributed by atoms with Crippen molar-refractivity contribution in [2.45, 2.75) is 43.6 Å². The summed E-state index contributed by atoms with van der Waals surface area (Å²) in [5.74, 6) is -1.93. The lowest BCUT2D eigenvalue weighted by molar-refractivity contribution is -0.139. The van der Waals surface area contributed by atoms with Crippen molar-refractivity contribution >= 4 is 5.78 Å². The van der Waals surface area contributed by atoms with E-state index in [4.69, 9.17) is 0 Å². The second kappa shape index (κ2) is 6.99. The fourth-order valence-corrected chi connectivity index (χ4v) is 3.39. The molecule has 0 saturated carbocycles. The Morgan fingerprint density at radius 1 is 1.30 bits per heavy atom.